The summed E-state index contributed by atoms with van der Waals surface area (Å²) in [6.07, 6.45) is 0. The number of aryl methyl sites for hydroxylation is 2. The number of aromatic nitrogens is 2. The lowest BCUT2D eigenvalue weighted by atomic mass is 10.2. The largest absolute Gasteiger partial charge is 0.382 e. The zero-order valence-corrected chi connectivity index (χ0v) is 10.0. The Morgan fingerprint density at radius 3 is 2.62 bits per heavy atom. The van der Waals surface area contributed by atoms with Crippen LogP contribution in [-0.4, -0.2) is 36.0 Å². The summed E-state index contributed by atoms with van der Waals surface area (Å²) in [4.78, 5) is 16.7. The molecule has 0 aromatic carbocycles. The molecule has 0 aliphatic carbocycles. The molecule has 1 amide bonds. The first-order chi connectivity index (χ1) is 7.57. The SMILES string of the molecule is COCCONC(=O)c1c(C)nn(C)c1C. The first-order valence-electron chi connectivity index (χ1n) is 4.99. The van der Waals surface area contributed by atoms with Crippen molar-refractivity contribution in [2.75, 3.05) is 20.3 Å². The average Bonchev–Trinajstić information content (AvgIpc) is 2.48. The Labute approximate surface area is 94.5 Å². The van der Waals surface area contributed by atoms with E-state index in [1.807, 2.05) is 6.92 Å². The number of carbonyl (C=O) groups is 1. The number of methoxy groups -OCH3 is 1. The van der Waals surface area contributed by atoms with Gasteiger partial charge in [0.05, 0.1) is 24.5 Å². The third-order valence-corrected chi connectivity index (χ3v) is 2.29. The lowest BCUT2D eigenvalue weighted by Gasteiger charge is -2.05. The number of nitrogens with zero attached hydrogens (tertiary/aromatic N) is 2. The molecular formula is C10H17N3O3. The number of rotatable bonds is 5. The molecule has 1 rings (SSSR count). The molecule has 90 valence electrons. The number of hydrogen-bond acceptors (Lipinski definition) is 4. The fraction of sp³-hybridized carbons (Fsp3) is 0.600. The van der Waals surface area contributed by atoms with E-state index in [1.54, 1.807) is 25.8 Å². The van der Waals surface area contributed by atoms with Crippen molar-refractivity contribution in [1.29, 1.82) is 0 Å². The molecule has 0 fully saturated rings. The van der Waals surface area contributed by atoms with Crippen LogP contribution in [0.2, 0.25) is 0 Å². The maximum Gasteiger partial charge on any atom is 0.278 e. The van der Waals surface area contributed by atoms with E-state index < -0.39 is 0 Å². The average molecular weight is 227 g/mol. The van der Waals surface area contributed by atoms with Crippen molar-refractivity contribution < 1.29 is 14.4 Å². The van der Waals surface area contributed by atoms with Crippen LogP contribution >= 0.6 is 0 Å². The van der Waals surface area contributed by atoms with Crippen LogP contribution in [0.5, 0.6) is 0 Å². The van der Waals surface area contributed by atoms with E-state index >= 15 is 0 Å². The maximum absolute atomic E-state index is 11.7. The number of carbonyl (C=O) groups excluding carboxylic acids is 1. The summed E-state index contributed by atoms with van der Waals surface area (Å²) in [6.45, 7) is 4.38. The molecule has 0 saturated carbocycles. The van der Waals surface area contributed by atoms with Crippen LogP contribution in [0.15, 0.2) is 0 Å². The van der Waals surface area contributed by atoms with E-state index in [4.69, 9.17) is 9.57 Å². The number of hydrogen-bond donors (Lipinski definition) is 1. The quantitative estimate of drug-likeness (QED) is 0.582. The molecule has 0 unspecified atom stereocenters. The number of nitrogens with one attached hydrogen (secondary N) is 1. The highest BCUT2D eigenvalue weighted by Gasteiger charge is 2.16. The lowest BCUT2D eigenvalue weighted by molar-refractivity contribution is 0.00880. The van der Waals surface area contributed by atoms with Gasteiger partial charge in [0.2, 0.25) is 0 Å². The van der Waals surface area contributed by atoms with Gasteiger partial charge in [0, 0.05) is 19.9 Å². The smallest absolute Gasteiger partial charge is 0.278 e. The van der Waals surface area contributed by atoms with Crippen LogP contribution in [0.3, 0.4) is 0 Å². The highest BCUT2D eigenvalue weighted by molar-refractivity contribution is 5.95. The molecule has 6 nitrogen and oxygen atoms in total. The minimum atomic E-state index is -0.279. The lowest BCUT2D eigenvalue weighted by Crippen LogP contribution is -2.26. The summed E-state index contributed by atoms with van der Waals surface area (Å²) in [5, 5.41) is 4.15. The molecule has 0 spiro atoms. The van der Waals surface area contributed by atoms with Gasteiger partial charge in [0.25, 0.3) is 5.91 Å². The Morgan fingerprint density at radius 1 is 1.44 bits per heavy atom. The summed E-state index contributed by atoms with van der Waals surface area (Å²) in [5.41, 5.74) is 4.41. The molecule has 0 atom stereocenters. The van der Waals surface area contributed by atoms with Gasteiger partial charge in [-0.1, -0.05) is 0 Å². The van der Waals surface area contributed by atoms with Crippen molar-refractivity contribution in [3.05, 3.63) is 17.0 Å². The van der Waals surface area contributed by atoms with Crippen LogP contribution in [0.25, 0.3) is 0 Å². The van der Waals surface area contributed by atoms with E-state index in [2.05, 4.69) is 10.6 Å². The summed E-state index contributed by atoms with van der Waals surface area (Å²) in [6, 6.07) is 0. The number of hydroxylamine groups is 1. The highest BCUT2D eigenvalue weighted by Crippen LogP contribution is 2.11. The Kier molecular flexibility index (Phi) is 4.45. The van der Waals surface area contributed by atoms with E-state index in [0.29, 0.717) is 24.5 Å². The van der Waals surface area contributed by atoms with Crippen molar-refractivity contribution in [2.45, 2.75) is 13.8 Å². The second kappa shape index (κ2) is 5.62. The minimum Gasteiger partial charge on any atom is -0.382 e. The molecule has 1 aromatic rings. The van der Waals surface area contributed by atoms with Gasteiger partial charge in [0.15, 0.2) is 0 Å². The Hall–Kier alpha value is -1.40. The first kappa shape index (κ1) is 12.7. The summed E-state index contributed by atoms with van der Waals surface area (Å²) in [7, 11) is 3.37. The van der Waals surface area contributed by atoms with E-state index in [1.165, 1.54) is 0 Å². The van der Waals surface area contributed by atoms with Gasteiger partial charge in [-0.25, -0.2) is 5.48 Å². The molecular weight excluding hydrogens is 210 g/mol. The minimum absolute atomic E-state index is 0.279. The highest BCUT2D eigenvalue weighted by atomic mass is 16.7. The van der Waals surface area contributed by atoms with Gasteiger partial charge in [-0.3, -0.25) is 14.3 Å². The fourth-order valence-electron chi connectivity index (χ4n) is 1.39. The van der Waals surface area contributed by atoms with Gasteiger partial charge < -0.3 is 4.74 Å². The molecule has 1 aromatic heterocycles. The predicted molar refractivity (Wildman–Crippen MR) is 58.0 cm³/mol. The monoisotopic (exact) mass is 227 g/mol. The van der Waals surface area contributed by atoms with Gasteiger partial charge in [-0.2, -0.15) is 5.10 Å². The molecule has 0 aliphatic heterocycles. The van der Waals surface area contributed by atoms with Crippen LogP contribution in [0, 0.1) is 13.8 Å². The van der Waals surface area contributed by atoms with Crippen molar-refractivity contribution in [1.82, 2.24) is 15.3 Å². The topological polar surface area (TPSA) is 65.4 Å². The third-order valence-electron chi connectivity index (χ3n) is 2.29. The molecule has 0 aliphatic rings. The van der Waals surface area contributed by atoms with Gasteiger partial charge in [-0.15, -0.1) is 0 Å². The van der Waals surface area contributed by atoms with Crippen molar-refractivity contribution >= 4 is 5.91 Å². The Bertz CT molecular complexity index is 374. The number of amides is 1. The summed E-state index contributed by atoms with van der Waals surface area (Å²) in [5.74, 6) is -0.279. The molecule has 0 bridgehead atoms. The standard InChI is InChI=1S/C10H17N3O3/c1-7-9(8(2)13(3)11-7)10(14)12-16-6-5-15-4/h5-6H2,1-4H3,(H,12,14). The third kappa shape index (κ3) is 2.80. The van der Waals surface area contributed by atoms with Crippen LogP contribution in [0.1, 0.15) is 21.7 Å². The zero-order chi connectivity index (χ0) is 12.1. The van der Waals surface area contributed by atoms with Crippen molar-refractivity contribution in [3.63, 3.8) is 0 Å². The van der Waals surface area contributed by atoms with E-state index in [-0.39, 0.29) is 5.91 Å². The van der Waals surface area contributed by atoms with Crippen molar-refractivity contribution in [2.24, 2.45) is 7.05 Å². The van der Waals surface area contributed by atoms with Gasteiger partial charge in [-0.05, 0) is 13.8 Å². The van der Waals surface area contributed by atoms with Crippen LogP contribution in [-0.2, 0) is 16.6 Å². The fourth-order valence-corrected chi connectivity index (χ4v) is 1.39. The van der Waals surface area contributed by atoms with Crippen molar-refractivity contribution in [3.8, 4) is 0 Å². The second-order valence-corrected chi connectivity index (χ2v) is 3.44. The number of ether oxygens (including phenoxy) is 1. The van der Waals surface area contributed by atoms with E-state index in [9.17, 15) is 4.79 Å². The normalized spacial score (nSPS) is 10.5. The summed E-state index contributed by atoms with van der Waals surface area (Å²) >= 11 is 0. The molecule has 1 heterocycles. The Balaban J connectivity index is 2.59. The van der Waals surface area contributed by atoms with Crippen LogP contribution < -0.4 is 5.48 Å². The molecule has 0 radical (unpaired) electrons. The van der Waals surface area contributed by atoms with Crippen LogP contribution in [0.4, 0.5) is 0 Å². The zero-order valence-electron chi connectivity index (χ0n) is 10.0. The predicted octanol–water partition coefficient (Wildman–Crippen LogP) is 0.345. The molecule has 1 N–H and O–H groups in total. The van der Waals surface area contributed by atoms with Gasteiger partial charge >= 0.3 is 0 Å². The molecule has 0 saturated heterocycles. The molecule has 16 heavy (non-hydrogen) atoms. The first-order valence-corrected chi connectivity index (χ1v) is 4.99. The second-order valence-electron chi connectivity index (χ2n) is 3.44. The summed E-state index contributed by atoms with van der Waals surface area (Å²) < 4.78 is 6.45. The van der Waals surface area contributed by atoms with E-state index in [0.717, 1.165) is 5.69 Å². The maximum atomic E-state index is 11.7. The Morgan fingerprint density at radius 2 is 2.12 bits per heavy atom. The van der Waals surface area contributed by atoms with Gasteiger partial charge in [0.1, 0.15) is 0 Å². The molecule has 6 heteroatoms.